The first-order chi connectivity index (χ1) is 14.2. The summed E-state index contributed by atoms with van der Waals surface area (Å²) < 4.78 is 17.1. The van der Waals surface area contributed by atoms with Crippen molar-refractivity contribution in [1.82, 2.24) is 10.6 Å². The molecule has 4 rings (SSSR count). The number of hydrogen-bond acceptors (Lipinski definition) is 4. The number of methoxy groups -OCH3 is 1. The van der Waals surface area contributed by atoms with Crippen molar-refractivity contribution in [2.75, 3.05) is 33.5 Å². The van der Waals surface area contributed by atoms with Crippen LogP contribution in [0.25, 0.3) is 0 Å². The molecule has 7 heteroatoms. The van der Waals surface area contributed by atoms with Crippen molar-refractivity contribution >= 4 is 29.9 Å². The van der Waals surface area contributed by atoms with E-state index in [0.717, 1.165) is 30.4 Å². The maximum Gasteiger partial charge on any atom is 0.191 e. The van der Waals surface area contributed by atoms with Crippen LogP contribution in [-0.2, 0) is 16.0 Å². The number of hydrogen-bond donors (Lipinski definition) is 2. The Morgan fingerprint density at radius 2 is 2.13 bits per heavy atom. The third kappa shape index (κ3) is 4.58. The van der Waals surface area contributed by atoms with Gasteiger partial charge >= 0.3 is 0 Å². The normalized spacial score (nSPS) is 26.2. The molecular weight excluding hydrogens is 493 g/mol. The van der Waals surface area contributed by atoms with Crippen molar-refractivity contribution in [3.63, 3.8) is 0 Å². The zero-order valence-corrected chi connectivity index (χ0v) is 20.7. The maximum atomic E-state index is 6.06. The molecule has 6 nitrogen and oxygen atoms in total. The number of nitrogens with zero attached hydrogens (tertiary/aromatic N) is 1. The number of rotatable bonds is 8. The van der Waals surface area contributed by atoms with Gasteiger partial charge < -0.3 is 24.8 Å². The number of halogens is 1. The molecule has 1 saturated heterocycles. The van der Waals surface area contributed by atoms with E-state index in [1.807, 2.05) is 0 Å². The quantitative estimate of drug-likeness (QED) is 0.233. The Balaban J connectivity index is 0.00000256. The Labute approximate surface area is 197 Å². The molecule has 2 saturated carbocycles. The fourth-order valence-corrected chi connectivity index (χ4v) is 5.25. The molecule has 1 aromatic carbocycles. The summed E-state index contributed by atoms with van der Waals surface area (Å²) in [6.07, 6.45) is 5.51. The van der Waals surface area contributed by atoms with Crippen molar-refractivity contribution in [1.29, 1.82) is 0 Å². The van der Waals surface area contributed by atoms with Crippen molar-refractivity contribution < 1.29 is 14.2 Å². The summed E-state index contributed by atoms with van der Waals surface area (Å²) in [6.45, 7) is 7.66. The highest BCUT2D eigenvalue weighted by Gasteiger charge is 2.66. The van der Waals surface area contributed by atoms with Crippen LogP contribution in [0.3, 0.4) is 0 Å². The molecule has 0 bridgehead atoms. The van der Waals surface area contributed by atoms with Crippen molar-refractivity contribution in [3.8, 4) is 5.75 Å². The van der Waals surface area contributed by atoms with Crippen LogP contribution in [0.2, 0.25) is 0 Å². The van der Waals surface area contributed by atoms with Gasteiger partial charge in [0, 0.05) is 43.2 Å². The number of aliphatic imine (C=N–C) groups is 1. The maximum absolute atomic E-state index is 6.06. The number of fused-ring (bicyclic) bond motifs is 2. The lowest BCUT2D eigenvalue weighted by atomic mass is 9.46. The highest BCUT2D eigenvalue weighted by atomic mass is 127. The van der Waals surface area contributed by atoms with Crippen LogP contribution in [0.15, 0.2) is 23.2 Å². The van der Waals surface area contributed by atoms with E-state index in [-0.39, 0.29) is 24.0 Å². The van der Waals surface area contributed by atoms with Crippen molar-refractivity contribution in [3.05, 3.63) is 29.3 Å². The molecular formula is C23H36IN3O3. The van der Waals surface area contributed by atoms with Crippen molar-refractivity contribution in [2.24, 2.45) is 16.3 Å². The predicted octanol–water partition coefficient (Wildman–Crippen LogP) is 3.65. The van der Waals surface area contributed by atoms with Gasteiger partial charge in [-0.2, -0.15) is 0 Å². The number of ether oxygens (including phenoxy) is 3. The molecule has 1 heterocycles. The molecule has 1 aromatic rings. The third-order valence-electron chi connectivity index (χ3n) is 6.85. The second kappa shape index (κ2) is 10.5. The van der Waals surface area contributed by atoms with Crippen LogP contribution < -0.4 is 15.4 Å². The fraction of sp³-hybridized carbons (Fsp3) is 0.696. The molecule has 3 unspecified atom stereocenters. The summed E-state index contributed by atoms with van der Waals surface area (Å²) in [5.74, 6) is 2.43. The number of nitrogens with one attached hydrogen (secondary N) is 2. The first kappa shape index (κ1) is 23.6. The molecule has 168 valence electrons. The minimum Gasteiger partial charge on any atom is -0.491 e. The van der Waals surface area contributed by atoms with Gasteiger partial charge in [-0.15, -0.1) is 24.0 Å². The average Bonchev–Trinajstić information content (AvgIpc) is 3.09. The standard InChI is InChI=1S/C23H35N3O3.HI/c1-4-24-22(26-20-18-8-11-29-21(18)23(20)9-5-10-23)25-15-17-7-6-16(2)14-19(17)28-13-12-27-3;/h6-7,14,18,20-21H,4-5,8-13,15H2,1-3H3,(H2,24,25,26);1H. The first-order valence-electron chi connectivity index (χ1n) is 11.1. The Hall–Kier alpha value is -1.06. The lowest BCUT2D eigenvalue weighted by Gasteiger charge is -2.63. The molecule has 1 spiro atoms. The molecule has 2 aliphatic carbocycles. The van der Waals surface area contributed by atoms with Crippen molar-refractivity contribution in [2.45, 2.75) is 58.2 Å². The average molecular weight is 529 g/mol. The Morgan fingerprint density at radius 1 is 1.30 bits per heavy atom. The molecule has 30 heavy (non-hydrogen) atoms. The Kier molecular flexibility index (Phi) is 8.26. The Bertz CT molecular complexity index is 738. The van der Waals surface area contributed by atoms with Gasteiger partial charge in [0.25, 0.3) is 0 Å². The zero-order valence-electron chi connectivity index (χ0n) is 18.4. The van der Waals surface area contributed by atoms with Gasteiger partial charge in [0.05, 0.1) is 19.3 Å². The molecule has 1 aliphatic heterocycles. The second-order valence-corrected chi connectivity index (χ2v) is 8.60. The van der Waals surface area contributed by atoms with Gasteiger partial charge in [-0.25, -0.2) is 4.99 Å². The summed E-state index contributed by atoms with van der Waals surface area (Å²) in [5, 5.41) is 7.21. The van der Waals surface area contributed by atoms with Crippen LogP contribution in [0, 0.1) is 18.3 Å². The fourth-order valence-electron chi connectivity index (χ4n) is 5.25. The number of benzene rings is 1. The summed E-state index contributed by atoms with van der Waals surface area (Å²) >= 11 is 0. The van der Waals surface area contributed by atoms with E-state index in [2.05, 4.69) is 42.7 Å². The van der Waals surface area contributed by atoms with Gasteiger partial charge in [-0.3, -0.25) is 0 Å². The highest BCUT2D eigenvalue weighted by molar-refractivity contribution is 14.0. The minimum absolute atomic E-state index is 0. The molecule has 3 fully saturated rings. The van der Waals surface area contributed by atoms with Gasteiger partial charge in [0.1, 0.15) is 12.4 Å². The molecule has 3 atom stereocenters. The molecule has 3 aliphatic rings. The van der Waals surface area contributed by atoms with Gasteiger partial charge in [-0.05, 0) is 44.7 Å². The minimum atomic E-state index is 0. The lowest BCUT2D eigenvalue weighted by molar-refractivity contribution is -0.171. The van der Waals surface area contributed by atoms with E-state index < -0.39 is 0 Å². The zero-order chi connectivity index (χ0) is 20.3. The monoisotopic (exact) mass is 529 g/mol. The summed E-state index contributed by atoms with van der Waals surface area (Å²) in [5.41, 5.74) is 2.62. The second-order valence-electron chi connectivity index (χ2n) is 8.60. The molecule has 0 amide bonds. The number of aryl methyl sites for hydroxylation is 1. The van der Waals surface area contributed by atoms with E-state index in [0.29, 0.717) is 43.2 Å². The smallest absolute Gasteiger partial charge is 0.191 e. The van der Waals surface area contributed by atoms with E-state index >= 15 is 0 Å². The predicted molar refractivity (Wildman–Crippen MR) is 130 cm³/mol. The van der Waals surface area contributed by atoms with Crippen LogP contribution in [0.4, 0.5) is 0 Å². The third-order valence-corrected chi connectivity index (χ3v) is 6.85. The van der Waals surface area contributed by atoms with E-state index in [1.54, 1.807) is 7.11 Å². The van der Waals surface area contributed by atoms with Crippen LogP contribution in [-0.4, -0.2) is 51.6 Å². The van der Waals surface area contributed by atoms with Crippen LogP contribution in [0.5, 0.6) is 5.75 Å². The lowest BCUT2D eigenvalue weighted by Crippen LogP contribution is -2.72. The van der Waals surface area contributed by atoms with Crippen LogP contribution >= 0.6 is 24.0 Å². The van der Waals surface area contributed by atoms with E-state index in [9.17, 15) is 0 Å². The molecule has 0 aromatic heterocycles. The van der Waals surface area contributed by atoms with Crippen LogP contribution in [0.1, 0.15) is 43.7 Å². The molecule has 0 radical (unpaired) electrons. The summed E-state index contributed by atoms with van der Waals surface area (Å²) in [4.78, 5) is 4.90. The van der Waals surface area contributed by atoms with E-state index in [1.165, 1.54) is 31.2 Å². The van der Waals surface area contributed by atoms with Gasteiger partial charge in [-0.1, -0.05) is 18.6 Å². The largest absolute Gasteiger partial charge is 0.491 e. The van der Waals surface area contributed by atoms with E-state index in [4.69, 9.17) is 19.2 Å². The van der Waals surface area contributed by atoms with Gasteiger partial charge in [0.2, 0.25) is 0 Å². The Morgan fingerprint density at radius 3 is 2.83 bits per heavy atom. The number of guanidine groups is 1. The topological polar surface area (TPSA) is 64.1 Å². The summed E-state index contributed by atoms with van der Waals surface area (Å²) in [6, 6.07) is 6.79. The highest BCUT2D eigenvalue weighted by Crippen LogP contribution is 2.62. The van der Waals surface area contributed by atoms with Gasteiger partial charge in [0.15, 0.2) is 5.96 Å². The SMILES string of the molecule is CCNC(=NCc1ccc(C)cc1OCCOC)NC1C2CCOC2C12CCC2.I. The summed E-state index contributed by atoms with van der Waals surface area (Å²) in [7, 11) is 1.69. The first-order valence-corrected chi connectivity index (χ1v) is 11.1. The molecule has 2 N–H and O–H groups in total.